The Morgan fingerprint density at radius 2 is 2.43 bits per heavy atom. The van der Waals surface area contributed by atoms with Crippen LogP contribution < -0.4 is 0 Å². The van der Waals surface area contributed by atoms with E-state index in [0.29, 0.717) is 0 Å². The zero-order valence-electron chi connectivity index (χ0n) is 4.94. The van der Waals surface area contributed by atoms with Crippen LogP contribution in [0.1, 0.15) is 20.3 Å². The summed E-state index contributed by atoms with van der Waals surface area (Å²) in [7, 11) is 0. The third kappa shape index (κ3) is 2.15. The highest BCUT2D eigenvalue weighted by Gasteiger charge is 1.78. The van der Waals surface area contributed by atoms with Gasteiger partial charge < -0.3 is 0 Å². The number of hydrogen-bond acceptors (Lipinski definition) is 1. The Kier molecular flexibility index (Phi) is 3.29. The summed E-state index contributed by atoms with van der Waals surface area (Å²) in [5.74, 6) is 0. The molecule has 0 aromatic carbocycles. The molecule has 0 radical (unpaired) electrons. The molecule has 0 saturated carbocycles. The Morgan fingerprint density at radius 1 is 1.86 bits per heavy atom. The van der Waals surface area contributed by atoms with E-state index >= 15 is 0 Å². The van der Waals surface area contributed by atoms with Gasteiger partial charge in [-0.05, 0) is 20.1 Å². The van der Waals surface area contributed by atoms with Crippen molar-refractivity contribution in [3.63, 3.8) is 0 Å². The fourth-order valence-electron chi connectivity index (χ4n) is 0.407. The van der Waals surface area contributed by atoms with Crippen LogP contribution in [-0.2, 0) is 0 Å². The second kappa shape index (κ2) is 3.59. The molecule has 0 aromatic rings. The summed E-state index contributed by atoms with van der Waals surface area (Å²) in [6, 6.07) is 0. The second-order valence-corrected chi connectivity index (χ2v) is 1.29. The quantitative estimate of drug-likeness (QED) is 0.467. The van der Waals surface area contributed by atoms with Crippen molar-refractivity contribution < 1.29 is 0 Å². The smallest absolute Gasteiger partial charge is 0.0351 e. The number of nitrogens with zero attached hydrogens (tertiary/aromatic N) is 1. The molecule has 0 aliphatic heterocycles. The summed E-state index contributed by atoms with van der Waals surface area (Å²) in [6.07, 6.45) is 2.95. The van der Waals surface area contributed by atoms with Crippen LogP contribution in [-0.4, -0.2) is 6.72 Å². The van der Waals surface area contributed by atoms with Crippen LogP contribution in [0.15, 0.2) is 16.8 Å². The van der Waals surface area contributed by atoms with Gasteiger partial charge in [-0.3, -0.25) is 4.99 Å². The topological polar surface area (TPSA) is 12.4 Å². The first-order valence-corrected chi connectivity index (χ1v) is 2.47. The molecule has 7 heavy (non-hydrogen) atoms. The molecule has 0 rings (SSSR count). The molecular formula is C6H11N. The molecule has 0 amide bonds. The summed E-state index contributed by atoms with van der Waals surface area (Å²) < 4.78 is 0. The van der Waals surface area contributed by atoms with Gasteiger partial charge in [0.05, 0.1) is 0 Å². The highest BCUT2D eigenvalue weighted by atomic mass is 14.7. The molecular weight excluding hydrogens is 86.1 g/mol. The third-order valence-corrected chi connectivity index (χ3v) is 0.899. The lowest BCUT2D eigenvalue weighted by atomic mass is 10.3. The van der Waals surface area contributed by atoms with Gasteiger partial charge in [0.15, 0.2) is 0 Å². The number of rotatable bonds is 2. The van der Waals surface area contributed by atoms with Crippen molar-refractivity contribution in [2.24, 2.45) is 4.99 Å². The Labute approximate surface area is 44.8 Å². The van der Waals surface area contributed by atoms with Crippen molar-refractivity contribution in [3.05, 3.63) is 11.8 Å². The van der Waals surface area contributed by atoms with E-state index in [-0.39, 0.29) is 0 Å². The standard InChI is InChI=1S/C6H11N/c1-4-6(5-2)7-3/h4H,3,5H2,1-2H3/b6-4-. The van der Waals surface area contributed by atoms with Gasteiger partial charge in [0.2, 0.25) is 0 Å². The maximum Gasteiger partial charge on any atom is 0.0351 e. The fourth-order valence-corrected chi connectivity index (χ4v) is 0.407. The van der Waals surface area contributed by atoms with E-state index < -0.39 is 0 Å². The van der Waals surface area contributed by atoms with Crippen molar-refractivity contribution in [2.75, 3.05) is 0 Å². The van der Waals surface area contributed by atoms with E-state index in [2.05, 4.69) is 18.6 Å². The predicted octanol–water partition coefficient (Wildman–Crippen LogP) is 2.00. The van der Waals surface area contributed by atoms with Crippen molar-refractivity contribution >= 4 is 6.72 Å². The minimum Gasteiger partial charge on any atom is -0.269 e. The number of aliphatic imine (C=N–C) groups is 1. The maximum absolute atomic E-state index is 3.74. The van der Waals surface area contributed by atoms with Crippen LogP contribution in [0, 0.1) is 0 Å². The SMILES string of the molecule is C=N/C(=C\C)CC. The molecule has 40 valence electrons. The van der Waals surface area contributed by atoms with Crippen LogP contribution >= 0.6 is 0 Å². The summed E-state index contributed by atoms with van der Waals surface area (Å²) in [5.41, 5.74) is 1.07. The van der Waals surface area contributed by atoms with Gasteiger partial charge in [0, 0.05) is 5.70 Å². The molecule has 0 unspecified atom stereocenters. The van der Waals surface area contributed by atoms with Gasteiger partial charge in [-0.25, -0.2) is 0 Å². The lowest BCUT2D eigenvalue weighted by Crippen LogP contribution is -1.68. The molecule has 0 aliphatic carbocycles. The summed E-state index contributed by atoms with van der Waals surface area (Å²) in [6.45, 7) is 7.41. The third-order valence-electron chi connectivity index (χ3n) is 0.899. The summed E-state index contributed by atoms with van der Waals surface area (Å²) >= 11 is 0. The fraction of sp³-hybridized carbons (Fsp3) is 0.500. The van der Waals surface area contributed by atoms with Gasteiger partial charge in [-0.1, -0.05) is 13.0 Å². The minimum atomic E-state index is 0.986. The van der Waals surface area contributed by atoms with E-state index in [1.54, 1.807) is 0 Å². The van der Waals surface area contributed by atoms with Gasteiger partial charge >= 0.3 is 0 Å². The van der Waals surface area contributed by atoms with Gasteiger partial charge in [-0.15, -0.1) is 0 Å². The Balaban J connectivity index is 3.60. The van der Waals surface area contributed by atoms with Crippen molar-refractivity contribution in [1.29, 1.82) is 0 Å². The van der Waals surface area contributed by atoms with Crippen LogP contribution in [0.3, 0.4) is 0 Å². The molecule has 1 heteroatoms. The largest absolute Gasteiger partial charge is 0.269 e. The number of hydrogen-bond donors (Lipinski definition) is 0. The first-order valence-electron chi connectivity index (χ1n) is 2.47. The summed E-state index contributed by atoms with van der Waals surface area (Å²) in [4.78, 5) is 3.74. The average molecular weight is 97.2 g/mol. The van der Waals surface area contributed by atoms with Crippen LogP contribution in [0.5, 0.6) is 0 Å². The second-order valence-electron chi connectivity index (χ2n) is 1.29. The Hall–Kier alpha value is -0.590. The minimum absolute atomic E-state index is 0.986. The van der Waals surface area contributed by atoms with Crippen molar-refractivity contribution in [1.82, 2.24) is 0 Å². The van der Waals surface area contributed by atoms with Gasteiger partial charge in [0.25, 0.3) is 0 Å². The Morgan fingerprint density at radius 3 is 2.43 bits per heavy atom. The lowest BCUT2D eigenvalue weighted by Gasteiger charge is -1.87. The maximum atomic E-state index is 3.74. The molecule has 0 atom stereocenters. The van der Waals surface area contributed by atoms with Gasteiger partial charge in [-0.2, -0.15) is 0 Å². The highest BCUT2D eigenvalue weighted by molar-refractivity contribution is 5.28. The number of allylic oxidation sites excluding steroid dienone is 2. The Bertz CT molecular complexity index is 82.2. The van der Waals surface area contributed by atoms with E-state index in [0.717, 1.165) is 12.1 Å². The predicted molar refractivity (Wildman–Crippen MR) is 33.6 cm³/mol. The molecule has 0 fully saturated rings. The van der Waals surface area contributed by atoms with E-state index in [9.17, 15) is 0 Å². The molecule has 1 nitrogen and oxygen atoms in total. The van der Waals surface area contributed by atoms with E-state index in [1.807, 2.05) is 13.0 Å². The molecule has 0 saturated heterocycles. The normalized spacial score (nSPS) is 11.4. The molecule has 0 heterocycles. The van der Waals surface area contributed by atoms with Crippen LogP contribution in [0.4, 0.5) is 0 Å². The van der Waals surface area contributed by atoms with E-state index in [1.165, 1.54) is 0 Å². The van der Waals surface area contributed by atoms with Crippen molar-refractivity contribution in [2.45, 2.75) is 20.3 Å². The zero-order valence-corrected chi connectivity index (χ0v) is 4.94. The monoisotopic (exact) mass is 97.1 g/mol. The van der Waals surface area contributed by atoms with Crippen molar-refractivity contribution in [3.8, 4) is 0 Å². The molecule has 0 bridgehead atoms. The average Bonchev–Trinajstić information content (AvgIpc) is 1.72. The highest BCUT2D eigenvalue weighted by Crippen LogP contribution is 1.97. The summed E-state index contributed by atoms with van der Waals surface area (Å²) in [5, 5.41) is 0. The zero-order chi connectivity index (χ0) is 5.70. The van der Waals surface area contributed by atoms with Crippen LogP contribution in [0.25, 0.3) is 0 Å². The first kappa shape index (κ1) is 6.41. The van der Waals surface area contributed by atoms with Crippen LogP contribution in [0.2, 0.25) is 0 Å². The molecule has 0 aliphatic rings. The van der Waals surface area contributed by atoms with Gasteiger partial charge in [0.1, 0.15) is 0 Å². The molecule has 0 spiro atoms. The lowest BCUT2D eigenvalue weighted by molar-refractivity contribution is 1.07. The first-order chi connectivity index (χ1) is 3.35. The molecule has 0 aromatic heterocycles. The molecule has 0 N–H and O–H groups in total. The van der Waals surface area contributed by atoms with E-state index in [4.69, 9.17) is 0 Å².